The van der Waals surface area contributed by atoms with Crippen molar-refractivity contribution in [2.45, 2.75) is 71.3 Å². The second-order valence-electron chi connectivity index (χ2n) is 5.25. The molecular weight excluding hydrogens is 172 g/mol. The van der Waals surface area contributed by atoms with Crippen molar-refractivity contribution >= 4 is 0 Å². The molecule has 84 valence electrons. The lowest BCUT2D eigenvalue weighted by molar-refractivity contribution is -0.0271. The van der Waals surface area contributed by atoms with Gasteiger partial charge in [-0.15, -0.1) is 0 Å². The van der Waals surface area contributed by atoms with Gasteiger partial charge in [-0.05, 0) is 32.6 Å². The Hall–Kier alpha value is -0.0400. The Bertz CT molecular complexity index is 145. The van der Waals surface area contributed by atoms with Crippen LogP contribution in [0.5, 0.6) is 0 Å². The summed E-state index contributed by atoms with van der Waals surface area (Å²) in [6, 6.07) is 0. The van der Waals surface area contributed by atoms with Gasteiger partial charge in [-0.25, -0.2) is 0 Å². The van der Waals surface area contributed by atoms with Crippen molar-refractivity contribution in [1.29, 1.82) is 0 Å². The minimum Gasteiger partial charge on any atom is -0.376 e. The first-order valence-electron chi connectivity index (χ1n) is 6.28. The highest BCUT2D eigenvalue weighted by molar-refractivity contribution is 4.68. The molecule has 0 amide bonds. The molecule has 0 N–H and O–H groups in total. The maximum atomic E-state index is 5.88. The predicted octanol–water partition coefficient (Wildman–Crippen LogP) is 4.16. The molecule has 0 aromatic rings. The molecule has 1 nitrogen and oxygen atoms in total. The number of hydrogen-bond donors (Lipinski definition) is 0. The van der Waals surface area contributed by atoms with Crippen molar-refractivity contribution in [3.8, 4) is 0 Å². The molecule has 0 atom stereocenters. The zero-order chi connectivity index (χ0) is 10.4. The Kier molecular flexibility index (Phi) is 4.94. The molecule has 1 rings (SSSR count). The highest BCUT2D eigenvalue weighted by Gasteiger charge is 2.17. The maximum absolute atomic E-state index is 5.88. The van der Waals surface area contributed by atoms with Gasteiger partial charge in [0.15, 0.2) is 0 Å². The highest BCUT2D eigenvalue weighted by atomic mass is 16.5. The minimum atomic E-state index is 0.0919. The van der Waals surface area contributed by atoms with Crippen molar-refractivity contribution in [2.75, 3.05) is 6.61 Å². The summed E-state index contributed by atoms with van der Waals surface area (Å²) in [6.45, 7) is 7.54. The van der Waals surface area contributed by atoms with Gasteiger partial charge in [0.05, 0.1) is 5.60 Å². The molecule has 0 spiro atoms. The summed E-state index contributed by atoms with van der Waals surface area (Å²) >= 11 is 0. The summed E-state index contributed by atoms with van der Waals surface area (Å²) in [5, 5.41) is 0. The predicted molar refractivity (Wildman–Crippen MR) is 61.5 cm³/mol. The van der Waals surface area contributed by atoms with Crippen LogP contribution in [0.15, 0.2) is 0 Å². The smallest absolute Gasteiger partial charge is 0.0623 e. The Morgan fingerprint density at radius 1 is 1.14 bits per heavy atom. The van der Waals surface area contributed by atoms with E-state index in [9.17, 15) is 0 Å². The third-order valence-electron chi connectivity index (χ3n) is 3.60. The van der Waals surface area contributed by atoms with Crippen LogP contribution in [-0.4, -0.2) is 12.2 Å². The molecule has 1 aliphatic rings. The summed E-state index contributed by atoms with van der Waals surface area (Å²) in [4.78, 5) is 0. The molecule has 1 fully saturated rings. The quantitative estimate of drug-likeness (QED) is 0.644. The van der Waals surface area contributed by atoms with Crippen molar-refractivity contribution < 1.29 is 4.74 Å². The lowest BCUT2D eigenvalue weighted by Crippen LogP contribution is -2.24. The Balaban J connectivity index is 2.08. The van der Waals surface area contributed by atoms with Crippen molar-refractivity contribution in [3.63, 3.8) is 0 Å². The molecule has 1 saturated carbocycles. The van der Waals surface area contributed by atoms with E-state index in [1.165, 1.54) is 38.5 Å². The first-order chi connectivity index (χ1) is 6.64. The second kappa shape index (κ2) is 5.75. The summed E-state index contributed by atoms with van der Waals surface area (Å²) < 4.78 is 5.88. The number of hydrogen-bond acceptors (Lipinski definition) is 1. The average molecular weight is 198 g/mol. The molecule has 0 unspecified atom stereocenters. The molecule has 0 aromatic carbocycles. The van der Waals surface area contributed by atoms with E-state index >= 15 is 0 Å². The maximum Gasteiger partial charge on any atom is 0.0623 e. The van der Waals surface area contributed by atoms with Crippen molar-refractivity contribution in [1.82, 2.24) is 0 Å². The largest absolute Gasteiger partial charge is 0.376 e. The van der Waals surface area contributed by atoms with Crippen molar-refractivity contribution in [2.24, 2.45) is 5.92 Å². The van der Waals surface area contributed by atoms with Crippen molar-refractivity contribution in [3.05, 3.63) is 0 Å². The van der Waals surface area contributed by atoms with Crippen LogP contribution < -0.4 is 0 Å². The van der Waals surface area contributed by atoms with Gasteiger partial charge in [-0.3, -0.25) is 0 Å². The lowest BCUT2D eigenvalue weighted by atomic mass is 9.87. The van der Waals surface area contributed by atoms with E-state index in [0.717, 1.165) is 18.9 Å². The zero-order valence-electron chi connectivity index (χ0n) is 10.1. The van der Waals surface area contributed by atoms with Gasteiger partial charge < -0.3 is 4.74 Å². The van der Waals surface area contributed by atoms with Crippen LogP contribution >= 0.6 is 0 Å². The topological polar surface area (TPSA) is 9.23 Å². The fourth-order valence-corrected chi connectivity index (χ4v) is 2.08. The van der Waals surface area contributed by atoms with Gasteiger partial charge in [0.25, 0.3) is 0 Å². The molecule has 1 aliphatic carbocycles. The van der Waals surface area contributed by atoms with E-state index in [-0.39, 0.29) is 5.60 Å². The van der Waals surface area contributed by atoms with Crippen LogP contribution in [0.1, 0.15) is 65.7 Å². The third-order valence-corrected chi connectivity index (χ3v) is 3.60. The normalized spacial score (nSPS) is 19.9. The molecule has 0 heterocycles. The molecule has 0 aromatic heterocycles. The molecular formula is C13H26O. The summed E-state index contributed by atoms with van der Waals surface area (Å²) in [7, 11) is 0. The fourth-order valence-electron chi connectivity index (χ4n) is 2.08. The van der Waals surface area contributed by atoms with Gasteiger partial charge in [0.1, 0.15) is 0 Å². The monoisotopic (exact) mass is 198 g/mol. The van der Waals surface area contributed by atoms with Crippen LogP contribution in [0.2, 0.25) is 0 Å². The Labute approximate surface area is 89.2 Å². The molecule has 14 heavy (non-hydrogen) atoms. The molecule has 0 saturated heterocycles. The third kappa shape index (κ3) is 4.45. The Morgan fingerprint density at radius 3 is 2.36 bits per heavy atom. The van der Waals surface area contributed by atoms with Gasteiger partial charge in [-0.2, -0.15) is 0 Å². The van der Waals surface area contributed by atoms with Crippen LogP contribution in [-0.2, 0) is 4.74 Å². The molecule has 1 heteroatoms. The van der Waals surface area contributed by atoms with Crippen LogP contribution in [0.25, 0.3) is 0 Å². The zero-order valence-corrected chi connectivity index (χ0v) is 10.1. The van der Waals surface area contributed by atoms with Gasteiger partial charge in [0, 0.05) is 6.61 Å². The first kappa shape index (κ1) is 12.0. The summed E-state index contributed by atoms with van der Waals surface area (Å²) in [5.74, 6) is 0.955. The first-order valence-corrected chi connectivity index (χ1v) is 6.28. The Morgan fingerprint density at radius 2 is 1.79 bits per heavy atom. The van der Waals surface area contributed by atoms with Gasteiger partial charge >= 0.3 is 0 Å². The average Bonchev–Trinajstić information content (AvgIpc) is 2.19. The lowest BCUT2D eigenvalue weighted by Gasteiger charge is -2.26. The van der Waals surface area contributed by atoms with E-state index in [4.69, 9.17) is 4.74 Å². The summed E-state index contributed by atoms with van der Waals surface area (Å²) in [6.07, 6.45) is 9.62. The number of ether oxygens (including phenoxy) is 1. The van der Waals surface area contributed by atoms with E-state index in [1.54, 1.807) is 0 Å². The highest BCUT2D eigenvalue weighted by Crippen LogP contribution is 2.27. The van der Waals surface area contributed by atoms with Gasteiger partial charge in [0.2, 0.25) is 0 Å². The van der Waals surface area contributed by atoms with Crippen LogP contribution in [0.4, 0.5) is 0 Å². The fraction of sp³-hybridized carbons (Fsp3) is 1.00. The van der Waals surface area contributed by atoms with Crippen LogP contribution in [0, 0.1) is 5.92 Å². The molecule has 0 aliphatic heterocycles. The van der Waals surface area contributed by atoms with E-state index in [2.05, 4.69) is 20.8 Å². The molecule has 0 radical (unpaired) electrons. The van der Waals surface area contributed by atoms with E-state index in [1.807, 2.05) is 0 Å². The van der Waals surface area contributed by atoms with Gasteiger partial charge in [-0.1, -0.05) is 39.0 Å². The van der Waals surface area contributed by atoms with Crippen LogP contribution in [0.3, 0.4) is 0 Å². The van der Waals surface area contributed by atoms with E-state index in [0.29, 0.717) is 0 Å². The second-order valence-corrected chi connectivity index (χ2v) is 5.25. The summed E-state index contributed by atoms with van der Waals surface area (Å²) in [5.41, 5.74) is 0.0919. The minimum absolute atomic E-state index is 0.0919. The number of rotatable bonds is 5. The molecule has 0 bridgehead atoms. The van der Waals surface area contributed by atoms with E-state index < -0.39 is 0 Å². The standard InChI is InChI=1S/C13H26O/c1-4-13(2,3)14-11-10-12-8-6-5-7-9-12/h12H,4-11H2,1-3H3. The SMILES string of the molecule is CCC(C)(C)OCCC1CCCCC1.